The van der Waals surface area contributed by atoms with Crippen LogP contribution in [0.5, 0.6) is 0 Å². The molecule has 1 N–H and O–H groups in total. The lowest BCUT2D eigenvalue weighted by Crippen LogP contribution is -2.20. The van der Waals surface area contributed by atoms with Gasteiger partial charge in [0.05, 0.1) is 6.04 Å². The van der Waals surface area contributed by atoms with Crippen LogP contribution in [-0.2, 0) is 0 Å². The fourth-order valence-electron chi connectivity index (χ4n) is 2.41. The van der Waals surface area contributed by atoms with E-state index in [-0.39, 0.29) is 0 Å². The van der Waals surface area contributed by atoms with Crippen molar-refractivity contribution in [2.45, 2.75) is 46.6 Å². The van der Waals surface area contributed by atoms with Crippen molar-refractivity contribution in [1.29, 1.82) is 0 Å². The van der Waals surface area contributed by atoms with Crippen molar-refractivity contribution < 1.29 is 0 Å². The molecular weight excluding hydrogens is 240 g/mol. The predicted octanol–water partition coefficient (Wildman–Crippen LogP) is 4.30. The third kappa shape index (κ3) is 3.08. The Morgan fingerprint density at radius 2 is 1.94 bits per heavy atom. The van der Waals surface area contributed by atoms with Gasteiger partial charge in [0.2, 0.25) is 0 Å². The molecule has 1 heterocycles. The lowest BCUT2D eigenvalue weighted by Gasteiger charge is -2.21. The maximum absolute atomic E-state index is 4.77. The number of hydrogen-bond acceptors (Lipinski definition) is 3. The van der Waals surface area contributed by atoms with E-state index in [4.69, 9.17) is 4.99 Å². The number of hydrogen-bond donors (Lipinski definition) is 1. The molecule has 98 valence electrons. The summed E-state index contributed by atoms with van der Waals surface area (Å²) < 4.78 is 0. The van der Waals surface area contributed by atoms with Crippen molar-refractivity contribution in [2.75, 3.05) is 11.1 Å². The SMILES string of the molecule is CCC1CCSC(Nc2c(C)cc(C)cc2C)=N1. The largest absolute Gasteiger partial charge is 0.335 e. The molecule has 1 aromatic rings. The summed E-state index contributed by atoms with van der Waals surface area (Å²) in [6.45, 7) is 8.68. The molecule has 1 aromatic carbocycles. The molecule has 1 aliphatic heterocycles. The van der Waals surface area contributed by atoms with Crippen LogP contribution in [0.4, 0.5) is 5.69 Å². The number of aliphatic imine (C=N–C) groups is 1. The van der Waals surface area contributed by atoms with Gasteiger partial charge in [0.15, 0.2) is 5.17 Å². The van der Waals surface area contributed by atoms with E-state index in [1.165, 1.54) is 34.6 Å². The molecule has 1 atom stereocenters. The first-order valence-corrected chi connectivity index (χ1v) is 7.64. The molecule has 2 rings (SSSR count). The van der Waals surface area contributed by atoms with Crippen molar-refractivity contribution in [2.24, 2.45) is 4.99 Å². The Morgan fingerprint density at radius 1 is 1.28 bits per heavy atom. The Hall–Kier alpha value is -0.960. The first kappa shape index (κ1) is 13.5. The van der Waals surface area contributed by atoms with Crippen molar-refractivity contribution in [3.8, 4) is 0 Å². The molecule has 18 heavy (non-hydrogen) atoms. The predicted molar refractivity (Wildman–Crippen MR) is 82.9 cm³/mol. The number of benzene rings is 1. The highest BCUT2D eigenvalue weighted by atomic mass is 32.2. The number of amidine groups is 1. The Labute approximate surface area is 114 Å². The Morgan fingerprint density at radius 3 is 2.56 bits per heavy atom. The van der Waals surface area contributed by atoms with E-state index < -0.39 is 0 Å². The van der Waals surface area contributed by atoms with E-state index in [9.17, 15) is 0 Å². The second kappa shape index (κ2) is 5.79. The van der Waals surface area contributed by atoms with Gasteiger partial charge in [-0.2, -0.15) is 0 Å². The first-order valence-electron chi connectivity index (χ1n) is 6.65. The van der Waals surface area contributed by atoms with E-state index >= 15 is 0 Å². The van der Waals surface area contributed by atoms with Crippen molar-refractivity contribution in [1.82, 2.24) is 0 Å². The molecule has 0 bridgehead atoms. The van der Waals surface area contributed by atoms with Crippen LogP contribution in [0.1, 0.15) is 36.5 Å². The van der Waals surface area contributed by atoms with Crippen LogP contribution >= 0.6 is 11.8 Å². The summed E-state index contributed by atoms with van der Waals surface area (Å²) in [4.78, 5) is 4.77. The Balaban J connectivity index is 2.21. The minimum absolute atomic E-state index is 0.500. The molecule has 0 fully saturated rings. The number of aryl methyl sites for hydroxylation is 3. The van der Waals surface area contributed by atoms with E-state index in [1.54, 1.807) is 0 Å². The van der Waals surface area contributed by atoms with E-state index in [0.29, 0.717) is 6.04 Å². The average molecular weight is 262 g/mol. The van der Waals surface area contributed by atoms with Crippen molar-refractivity contribution in [3.63, 3.8) is 0 Å². The normalized spacial score (nSPS) is 19.6. The summed E-state index contributed by atoms with van der Waals surface area (Å²) in [7, 11) is 0. The zero-order valence-electron chi connectivity index (χ0n) is 11.7. The third-order valence-electron chi connectivity index (χ3n) is 3.37. The van der Waals surface area contributed by atoms with Gasteiger partial charge in [0.25, 0.3) is 0 Å². The molecular formula is C15H22N2S. The van der Waals surface area contributed by atoms with Gasteiger partial charge in [0, 0.05) is 11.4 Å². The van der Waals surface area contributed by atoms with Gasteiger partial charge in [-0.1, -0.05) is 36.4 Å². The van der Waals surface area contributed by atoms with E-state index in [2.05, 4.69) is 45.1 Å². The third-order valence-corrected chi connectivity index (χ3v) is 4.29. The number of anilines is 1. The molecule has 0 aliphatic carbocycles. The van der Waals surface area contributed by atoms with E-state index in [0.717, 1.165) is 11.6 Å². The summed E-state index contributed by atoms with van der Waals surface area (Å²) in [5.74, 6) is 1.17. The van der Waals surface area contributed by atoms with Gasteiger partial charge in [-0.05, 0) is 44.7 Å². The van der Waals surface area contributed by atoms with Crippen molar-refractivity contribution >= 4 is 22.6 Å². The Bertz CT molecular complexity index is 443. The molecule has 2 nitrogen and oxygen atoms in total. The van der Waals surface area contributed by atoms with Gasteiger partial charge >= 0.3 is 0 Å². The maximum atomic E-state index is 4.77. The van der Waals surface area contributed by atoms with Crippen LogP contribution in [0.2, 0.25) is 0 Å². The van der Waals surface area contributed by atoms with Gasteiger partial charge in [-0.25, -0.2) is 0 Å². The van der Waals surface area contributed by atoms with Crippen LogP contribution in [-0.4, -0.2) is 17.0 Å². The molecule has 1 aliphatic rings. The maximum Gasteiger partial charge on any atom is 0.161 e. The molecule has 0 radical (unpaired) electrons. The molecule has 0 saturated carbocycles. The van der Waals surface area contributed by atoms with Gasteiger partial charge in [-0.15, -0.1) is 0 Å². The molecule has 0 aromatic heterocycles. The number of nitrogens with one attached hydrogen (secondary N) is 1. The second-order valence-corrected chi connectivity index (χ2v) is 6.12. The van der Waals surface area contributed by atoms with Crippen LogP contribution in [0, 0.1) is 20.8 Å². The zero-order valence-corrected chi connectivity index (χ0v) is 12.5. The summed E-state index contributed by atoms with van der Waals surface area (Å²) >= 11 is 1.84. The van der Waals surface area contributed by atoms with Crippen LogP contribution in [0.3, 0.4) is 0 Å². The quantitative estimate of drug-likeness (QED) is 0.859. The highest BCUT2D eigenvalue weighted by Gasteiger charge is 2.15. The summed E-state index contributed by atoms with van der Waals surface area (Å²) in [6, 6.07) is 4.95. The highest BCUT2D eigenvalue weighted by molar-refractivity contribution is 8.14. The number of thioether (sulfide) groups is 1. The number of nitrogens with zero attached hydrogens (tertiary/aromatic N) is 1. The first-order chi connectivity index (χ1) is 8.60. The molecule has 0 amide bonds. The molecule has 0 saturated heterocycles. The van der Waals surface area contributed by atoms with Crippen molar-refractivity contribution in [3.05, 3.63) is 28.8 Å². The summed E-state index contributed by atoms with van der Waals surface area (Å²) in [5, 5.41) is 4.61. The minimum atomic E-state index is 0.500. The fraction of sp³-hybridized carbons (Fsp3) is 0.533. The monoisotopic (exact) mass is 262 g/mol. The number of rotatable bonds is 2. The van der Waals surface area contributed by atoms with Gasteiger partial charge in [0.1, 0.15) is 0 Å². The average Bonchev–Trinajstić information content (AvgIpc) is 2.34. The minimum Gasteiger partial charge on any atom is -0.335 e. The van der Waals surface area contributed by atoms with E-state index in [1.807, 2.05) is 11.8 Å². The zero-order chi connectivity index (χ0) is 13.1. The molecule has 0 spiro atoms. The lowest BCUT2D eigenvalue weighted by molar-refractivity contribution is 0.634. The topological polar surface area (TPSA) is 24.4 Å². The highest BCUT2D eigenvalue weighted by Crippen LogP contribution is 2.26. The summed E-state index contributed by atoms with van der Waals surface area (Å²) in [5.41, 5.74) is 5.15. The standard InChI is InChI=1S/C15H22N2S/c1-5-13-6-7-18-15(16-13)17-14-11(3)8-10(2)9-12(14)4/h8-9,13H,5-7H2,1-4H3,(H,16,17). The second-order valence-electron chi connectivity index (χ2n) is 5.03. The van der Waals surface area contributed by atoms with Crippen LogP contribution in [0.15, 0.2) is 17.1 Å². The van der Waals surface area contributed by atoms with Crippen LogP contribution in [0.25, 0.3) is 0 Å². The van der Waals surface area contributed by atoms with Gasteiger partial charge < -0.3 is 5.32 Å². The van der Waals surface area contributed by atoms with Crippen LogP contribution < -0.4 is 5.32 Å². The molecule has 1 unspecified atom stereocenters. The Kier molecular flexibility index (Phi) is 4.33. The lowest BCUT2D eigenvalue weighted by atomic mass is 10.1. The van der Waals surface area contributed by atoms with Gasteiger partial charge in [-0.3, -0.25) is 4.99 Å². The fourth-order valence-corrected chi connectivity index (χ4v) is 3.39. The molecule has 3 heteroatoms. The summed E-state index contributed by atoms with van der Waals surface area (Å²) in [6.07, 6.45) is 2.34. The smallest absolute Gasteiger partial charge is 0.161 e.